The van der Waals surface area contributed by atoms with E-state index < -0.39 is 155 Å². The van der Waals surface area contributed by atoms with Gasteiger partial charge in [-0.2, -0.15) is 0 Å². The van der Waals surface area contributed by atoms with Gasteiger partial charge in [0.2, 0.25) is 11.8 Å². The maximum atomic E-state index is 13.2. The van der Waals surface area contributed by atoms with Crippen molar-refractivity contribution < 1.29 is 104 Å². The molecular weight excluding hydrogens is 977 g/mol. The number of carboxylic acid groups (broad SMARTS) is 1. The Balaban J connectivity index is 1.74. The van der Waals surface area contributed by atoms with Crippen LogP contribution >= 0.6 is 0 Å². The Morgan fingerprint density at radius 1 is 0.703 bits per heavy atom. The standard InChI is InChI=1S/C51H92N2O21/c1-4-6-8-10-12-14-15-17-18-20-22-24-33(58)32(53-38(61)25-23-21-19-16-13-11-9-7-5-2)30-69-48-43(65)42(64)45(37(29-56)71-48)72-49-44(66)47(41(63)36(28-55)70-49)74-51(50(67)68)26-34(59)39(52-31(3)57)46(73-51)40(62)35(60)27-54/h22,24,32-37,39-49,54-56,58-60,62-66H,4-21,23,25-30H2,1-3H3,(H,52,57)(H,53,61)(H,67,68)/b24-22+. The Morgan fingerprint density at radius 2 is 1.26 bits per heavy atom. The number of aliphatic hydroxyl groups excluding tert-OH is 11. The zero-order valence-corrected chi connectivity index (χ0v) is 43.7. The lowest BCUT2D eigenvalue weighted by Crippen LogP contribution is -2.70. The highest BCUT2D eigenvalue weighted by atomic mass is 16.8. The van der Waals surface area contributed by atoms with E-state index in [0.717, 1.165) is 51.9 Å². The number of allylic oxidation sites excluding steroid dienone is 1. The average Bonchev–Trinajstić information content (AvgIpc) is 3.37. The van der Waals surface area contributed by atoms with E-state index in [2.05, 4.69) is 24.5 Å². The normalized spacial score (nSPS) is 32.2. The molecule has 23 nitrogen and oxygen atoms in total. The molecule has 0 spiro atoms. The van der Waals surface area contributed by atoms with Gasteiger partial charge in [0.25, 0.3) is 5.79 Å². The molecule has 3 aliphatic rings. The first-order valence-corrected chi connectivity index (χ1v) is 27.1. The molecule has 3 aliphatic heterocycles. The van der Waals surface area contributed by atoms with Gasteiger partial charge in [0.1, 0.15) is 67.1 Å². The second-order valence-corrected chi connectivity index (χ2v) is 20.1. The minimum absolute atomic E-state index is 0.201. The number of carboxylic acids is 1. The van der Waals surface area contributed by atoms with E-state index in [-0.39, 0.29) is 12.3 Å². The van der Waals surface area contributed by atoms with Gasteiger partial charge in [-0.25, -0.2) is 4.79 Å². The van der Waals surface area contributed by atoms with Crippen LogP contribution in [0.3, 0.4) is 0 Å². The molecule has 3 fully saturated rings. The molecule has 3 heterocycles. The first-order valence-electron chi connectivity index (χ1n) is 27.1. The third kappa shape index (κ3) is 20.7. The van der Waals surface area contributed by atoms with Crippen molar-refractivity contribution >= 4 is 17.8 Å². The lowest BCUT2D eigenvalue weighted by molar-refractivity contribution is -0.386. The molecule has 0 aromatic carbocycles. The van der Waals surface area contributed by atoms with Gasteiger partial charge in [-0.15, -0.1) is 0 Å². The number of carbonyl (C=O) groups excluding carboxylic acids is 2. The van der Waals surface area contributed by atoms with Crippen LogP contribution in [-0.4, -0.2) is 215 Å². The highest BCUT2D eigenvalue weighted by molar-refractivity contribution is 5.77. The van der Waals surface area contributed by atoms with E-state index in [9.17, 15) is 75.7 Å². The summed E-state index contributed by atoms with van der Waals surface area (Å²) in [5.74, 6) is -6.15. The summed E-state index contributed by atoms with van der Waals surface area (Å²) < 4.78 is 34.5. The number of aliphatic carboxylic acids is 1. The van der Waals surface area contributed by atoms with Crippen molar-refractivity contribution in [1.29, 1.82) is 0 Å². The Bertz CT molecular complexity index is 1600. The van der Waals surface area contributed by atoms with Crippen molar-refractivity contribution in [2.75, 3.05) is 26.4 Å². The van der Waals surface area contributed by atoms with Gasteiger partial charge in [0.15, 0.2) is 12.6 Å². The molecule has 0 aromatic heterocycles. The summed E-state index contributed by atoms with van der Waals surface area (Å²) >= 11 is 0. The molecule has 0 bridgehead atoms. The molecule has 0 aromatic rings. The van der Waals surface area contributed by atoms with Crippen LogP contribution in [-0.2, 0) is 42.8 Å². The summed E-state index contributed by atoms with van der Waals surface area (Å²) in [4.78, 5) is 38.1. The fourth-order valence-corrected chi connectivity index (χ4v) is 9.53. The molecule has 2 amide bonds. The molecule has 432 valence electrons. The van der Waals surface area contributed by atoms with Gasteiger partial charge in [-0.1, -0.05) is 129 Å². The summed E-state index contributed by atoms with van der Waals surface area (Å²) in [6.07, 6.45) is -5.24. The summed E-state index contributed by atoms with van der Waals surface area (Å²) in [5.41, 5.74) is 0. The number of ether oxygens (including phenoxy) is 6. The van der Waals surface area contributed by atoms with E-state index in [0.29, 0.717) is 12.8 Å². The summed E-state index contributed by atoms with van der Waals surface area (Å²) in [7, 11) is 0. The van der Waals surface area contributed by atoms with Crippen LogP contribution in [0.15, 0.2) is 12.2 Å². The van der Waals surface area contributed by atoms with E-state index >= 15 is 0 Å². The zero-order chi connectivity index (χ0) is 54.8. The number of hydrogen-bond acceptors (Lipinski definition) is 20. The number of nitrogens with one attached hydrogen (secondary N) is 2. The molecular formula is C51H92N2O21. The molecule has 3 rings (SSSR count). The van der Waals surface area contributed by atoms with Crippen molar-refractivity contribution in [1.82, 2.24) is 10.6 Å². The summed E-state index contributed by atoms with van der Waals surface area (Å²) in [5, 5.41) is 135. The van der Waals surface area contributed by atoms with Crippen LogP contribution in [0.25, 0.3) is 0 Å². The number of hydrogen-bond donors (Lipinski definition) is 14. The minimum Gasteiger partial charge on any atom is -0.477 e. The first-order chi connectivity index (χ1) is 35.4. The van der Waals surface area contributed by atoms with Crippen LogP contribution in [0, 0.1) is 0 Å². The fourth-order valence-electron chi connectivity index (χ4n) is 9.53. The van der Waals surface area contributed by atoms with Crippen LogP contribution in [0.4, 0.5) is 0 Å². The monoisotopic (exact) mass is 1070 g/mol. The van der Waals surface area contributed by atoms with Gasteiger partial charge < -0.3 is 100 Å². The first kappa shape index (κ1) is 65.8. The predicted molar refractivity (Wildman–Crippen MR) is 265 cm³/mol. The van der Waals surface area contributed by atoms with E-state index in [1.165, 1.54) is 64.2 Å². The number of carbonyl (C=O) groups is 3. The maximum absolute atomic E-state index is 13.2. The summed E-state index contributed by atoms with van der Waals surface area (Å²) in [6.45, 7) is 2.01. The molecule has 18 atom stereocenters. The highest BCUT2D eigenvalue weighted by Crippen LogP contribution is 2.38. The minimum atomic E-state index is -3.08. The number of amides is 2. The SMILES string of the molecule is CCCCCCCCCCC/C=C/C(O)C(COC1OC(CO)C(OC2OC(CO)C(O)C(OC3(C(=O)O)CC(O)C(NC(C)=O)C(C(O)C(O)CO)O3)C2O)C(O)C1O)NC(=O)CCCCCCCCCCC. The highest BCUT2D eigenvalue weighted by Gasteiger charge is 2.60. The molecule has 74 heavy (non-hydrogen) atoms. The van der Waals surface area contributed by atoms with Crippen molar-refractivity contribution in [2.24, 2.45) is 0 Å². The van der Waals surface area contributed by atoms with Crippen molar-refractivity contribution in [3.8, 4) is 0 Å². The van der Waals surface area contributed by atoms with Gasteiger partial charge in [0, 0.05) is 19.8 Å². The Labute approximate surface area is 435 Å². The molecule has 0 aliphatic carbocycles. The van der Waals surface area contributed by atoms with Crippen LogP contribution in [0.1, 0.15) is 156 Å². The number of unbranched alkanes of at least 4 members (excludes halogenated alkanes) is 17. The van der Waals surface area contributed by atoms with E-state index in [4.69, 9.17) is 28.4 Å². The van der Waals surface area contributed by atoms with Crippen LogP contribution in [0.5, 0.6) is 0 Å². The average molecular weight is 1070 g/mol. The van der Waals surface area contributed by atoms with E-state index in [1.807, 2.05) is 6.08 Å². The lowest BCUT2D eigenvalue weighted by atomic mass is 9.88. The quantitative estimate of drug-likeness (QED) is 0.0289. The molecule has 18 unspecified atom stereocenters. The van der Waals surface area contributed by atoms with Crippen LogP contribution < -0.4 is 10.6 Å². The second-order valence-electron chi connectivity index (χ2n) is 20.1. The van der Waals surface area contributed by atoms with Crippen molar-refractivity contribution in [3.63, 3.8) is 0 Å². The van der Waals surface area contributed by atoms with Gasteiger partial charge in [-0.3, -0.25) is 9.59 Å². The number of rotatable bonds is 37. The topological polar surface area (TPSA) is 373 Å². The third-order valence-electron chi connectivity index (χ3n) is 14.0. The maximum Gasteiger partial charge on any atom is 0.364 e. The largest absolute Gasteiger partial charge is 0.477 e. The molecule has 0 saturated carbocycles. The fraction of sp³-hybridized carbons (Fsp3) is 0.902. The van der Waals surface area contributed by atoms with Gasteiger partial charge >= 0.3 is 5.97 Å². The zero-order valence-electron chi connectivity index (χ0n) is 43.7. The molecule has 0 radical (unpaired) electrons. The Hall–Kier alpha value is -2.53. The van der Waals surface area contributed by atoms with Crippen molar-refractivity contribution in [3.05, 3.63) is 12.2 Å². The Morgan fingerprint density at radius 3 is 1.80 bits per heavy atom. The molecule has 23 heteroatoms. The summed E-state index contributed by atoms with van der Waals surface area (Å²) in [6, 6.07) is -2.61. The molecule has 3 saturated heterocycles. The van der Waals surface area contributed by atoms with Crippen LogP contribution in [0.2, 0.25) is 0 Å². The predicted octanol–water partition coefficient (Wildman–Crippen LogP) is 0.0446. The number of aliphatic hydroxyl groups is 11. The lowest BCUT2D eigenvalue weighted by Gasteiger charge is -2.50. The molecule has 14 N–H and O–H groups in total. The smallest absolute Gasteiger partial charge is 0.364 e. The second kappa shape index (κ2) is 35.1. The van der Waals surface area contributed by atoms with Gasteiger partial charge in [-0.05, 0) is 19.3 Å². The third-order valence-corrected chi connectivity index (χ3v) is 14.0. The Kier molecular flexibility index (Phi) is 31.2. The van der Waals surface area contributed by atoms with E-state index in [1.54, 1.807) is 6.08 Å². The van der Waals surface area contributed by atoms with Crippen molar-refractivity contribution in [2.45, 2.75) is 265 Å². The van der Waals surface area contributed by atoms with Gasteiger partial charge in [0.05, 0.1) is 50.7 Å².